The first kappa shape index (κ1) is 17.0. The number of anilines is 1. The van der Waals surface area contributed by atoms with Gasteiger partial charge >= 0.3 is 0 Å². The first-order chi connectivity index (χ1) is 12.7. The molecule has 1 saturated heterocycles. The van der Waals surface area contributed by atoms with Crippen LogP contribution in [0, 0.1) is 0 Å². The maximum Gasteiger partial charge on any atom is 0.173 e. The first-order valence-electron chi connectivity index (χ1n) is 8.92. The van der Waals surface area contributed by atoms with Gasteiger partial charge in [0, 0.05) is 62.6 Å². The lowest BCUT2D eigenvalue weighted by Gasteiger charge is -2.36. The van der Waals surface area contributed by atoms with Crippen LogP contribution in [0.25, 0.3) is 10.8 Å². The molecule has 0 unspecified atom stereocenters. The van der Waals surface area contributed by atoms with Gasteiger partial charge < -0.3 is 10.2 Å². The Kier molecular flexibility index (Phi) is 4.86. The maximum absolute atomic E-state index is 5.67. The molecule has 3 aromatic rings. The molecular formula is C20H23N5S. The van der Waals surface area contributed by atoms with Crippen molar-refractivity contribution in [1.82, 2.24) is 19.6 Å². The van der Waals surface area contributed by atoms with Crippen molar-refractivity contribution in [2.24, 2.45) is 7.05 Å². The third-order valence-corrected chi connectivity index (χ3v) is 5.22. The molecule has 1 aliphatic heterocycles. The number of rotatable bonds is 3. The SMILES string of the molecule is Cn1cc(CN2CCN(C(=S)Nc3cccc4ccccc34)CC2)cn1. The topological polar surface area (TPSA) is 36.3 Å². The molecule has 0 spiro atoms. The summed E-state index contributed by atoms with van der Waals surface area (Å²) >= 11 is 5.67. The average Bonchev–Trinajstić information content (AvgIpc) is 3.07. The molecule has 6 heteroatoms. The molecule has 2 heterocycles. The zero-order valence-electron chi connectivity index (χ0n) is 14.9. The van der Waals surface area contributed by atoms with Crippen LogP contribution >= 0.6 is 12.2 Å². The third kappa shape index (κ3) is 3.71. The van der Waals surface area contributed by atoms with Crippen LogP contribution in [0.1, 0.15) is 5.56 Å². The smallest absolute Gasteiger partial charge is 0.173 e. The van der Waals surface area contributed by atoms with Gasteiger partial charge in [-0.15, -0.1) is 0 Å². The third-order valence-electron chi connectivity index (χ3n) is 4.86. The van der Waals surface area contributed by atoms with Crippen LogP contribution in [0.3, 0.4) is 0 Å². The molecular weight excluding hydrogens is 342 g/mol. The second-order valence-corrected chi connectivity index (χ2v) is 7.13. The second-order valence-electron chi connectivity index (χ2n) is 6.74. The molecule has 1 fully saturated rings. The minimum Gasteiger partial charge on any atom is -0.346 e. The Hall–Kier alpha value is -2.44. The van der Waals surface area contributed by atoms with Crippen LogP contribution in [0.15, 0.2) is 54.9 Å². The summed E-state index contributed by atoms with van der Waals surface area (Å²) in [6.07, 6.45) is 4.03. The summed E-state index contributed by atoms with van der Waals surface area (Å²) in [4.78, 5) is 4.71. The number of thiocarbonyl (C=S) groups is 1. The van der Waals surface area contributed by atoms with Crippen molar-refractivity contribution < 1.29 is 0 Å². The van der Waals surface area contributed by atoms with Crippen molar-refractivity contribution in [2.45, 2.75) is 6.54 Å². The van der Waals surface area contributed by atoms with Crippen molar-refractivity contribution in [3.05, 3.63) is 60.4 Å². The highest BCUT2D eigenvalue weighted by Crippen LogP contribution is 2.23. The van der Waals surface area contributed by atoms with Gasteiger partial charge in [-0.2, -0.15) is 5.10 Å². The second kappa shape index (κ2) is 7.43. The molecule has 0 amide bonds. The Morgan fingerprint density at radius 2 is 1.85 bits per heavy atom. The molecule has 26 heavy (non-hydrogen) atoms. The summed E-state index contributed by atoms with van der Waals surface area (Å²) in [5.41, 5.74) is 2.34. The van der Waals surface area contributed by atoms with E-state index < -0.39 is 0 Å². The highest BCUT2D eigenvalue weighted by Gasteiger charge is 2.19. The van der Waals surface area contributed by atoms with Gasteiger partial charge in [0.2, 0.25) is 0 Å². The van der Waals surface area contributed by atoms with Crippen molar-refractivity contribution in [2.75, 3.05) is 31.5 Å². The number of nitrogens with zero attached hydrogens (tertiary/aromatic N) is 4. The van der Waals surface area contributed by atoms with E-state index >= 15 is 0 Å². The van der Waals surface area contributed by atoms with Gasteiger partial charge in [0.15, 0.2) is 5.11 Å². The van der Waals surface area contributed by atoms with E-state index in [1.165, 1.54) is 16.3 Å². The normalized spacial score (nSPS) is 15.3. The molecule has 1 aliphatic rings. The number of nitrogens with one attached hydrogen (secondary N) is 1. The lowest BCUT2D eigenvalue weighted by Crippen LogP contribution is -2.49. The summed E-state index contributed by atoms with van der Waals surface area (Å²) in [5.74, 6) is 0. The first-order valence-corrected chi connectivity index (χ1v) is 9.33. The Morgan fingerprint density at radius 1 is 1.08 bits per heavy atom. The van der Waals surface area contributed by atoms with Gasteiger partial charge in [0.05, 0.1) is 6.20 Å². The number of aryl methyl sites for hydroxylation is 1. The van der Waals surface area contributed by atoms with Crippen LogP contribution in [0.5, 0.6) is 0 Å². The number of aromatic nitrogens is 2. The number of fused-ring (bicyclic) bond motifs is 1. The zero-order chi connectivity index (χ0) is 17.9. The minimum absolute atomic E-state index is 0.808. The molecule has 134 valence electrons. The quantitative estimate of drug-likeness (QED) is 0.722. The summed E-state index contributed by atoms with van der Waals surface area (Å²) in [7, 11) is 1.96. The molecule has 2 aromatic carbocycles. The molecule has 0 saturated carbocycles. The van der Waals surface area contributed by atoms with Gasteiger partial charge in [-0.25, -0.2) is 0 Å². The molecule has 4 rings (SSSR count). The number of hydrogen-bond acceptors (Lipinski definition) is 3. The fourth-order valence-electron chi connectivity index (χ4n) is 3.45. The zero-order valence-corrected chi connectivity index (χ0v) is 15.7. The summed E-state index contributed by atoms with van der Waals surface area (Å²) in [6.45, 7) is 4.84. The minimum atomic E-state index is 0.808. The summed E-state index contributed by atoms with van der Waals surface area (Å²) in [5, 5.41) is 10.9. The van der Waals surface area contributed by atoms with Gasteiger partial charge in [-0.3, -0.25) is 9.58 Å². The van der Waals surface area contributed by atoms with Gasteiger partial charge in [-0.05, 0) is 23.7 Å². The van der Waals surface area contributed by atoms with E-state index in [9.17, 15) is 0 Å². The highest BCUT2D eigenvalue weighted by atomic mass is 32.1. The van der Waals surface area contributed by atoms with Crippen LogP contribution in [0.2, 0.25) is 0 Å². The van der Waals surface area contributed by atoms with Gasteiger partial charge in [0.25, 0.3) is 0 Å². The van der Waals surface area contributed by atoms with E-state index in [1.54, 1.807) is 0 Å². The van der Waals surface area contributed by atoms with E-state index in [4.69, 9.17) is 12.2 Å². The van der Waals surface area contributed by atoms with Crippen LogP contribution in [-0.2, 0) is 13.6 Å². The Bertz CT molecular complexity index is 906. The molecule has 0 aliphatic carbocycles. The Labute approximate surface area is 159 Å². The van der Waals surface area contributed by atoms with Crippen molar-refractivity contribution in [1.29, 1.82) is 0 Å². The van der Waals surface area contributed by atoms with E-state index in [1.807, 2.05) is 17.9 Å². The summed E-state index contributed by atoms with van der Waals surface area (Å²) in [6, 6.07) is 14.7. The molecule has 5 nitrogen and oxygen atoms in total. The van der Waals surface area contributed by atoms with Crippen LogP contribution in [-0.4, -0.2) is 50.9 Å². The molecule has 0 radical (unpaired) electrons. The van der Waals surface area contributed by atoms with Crippen LogP contribution in [0.4, 0.5) is 5.69 Å². The predicted octanol–water partition coefficient (Wildman–Crippen LogP) is 3.09. The van der Waals surface area contributed by atoms with Crippen LogP contribution < -0.4 is 5.32 Å². The summed E-state index contributed by atoms with van der Waals surface area (Å²) < 4.78 is 1.86. The Balaban J connectivity index is 1.36. The lowest BCUT2D eigenvalue weighted by atomic mass is 10.1. The lowest BCUT2D eigenvalue weighted by molar-refractivity contribution is 0.177. The van der Waals surface area contributed by atoms with Crippen molar-refractivity contribution in [3.8, 4) is 0 Å². The fourth-order valence-corrected chi connectivity index (χ4v) is 3.74. The molecule has 0 bridgehead atoms. The average molecular weight is 366 g/mol. The molecule has 1 N–H and O–H groups in total. The predicted molar refractivity (Wildman–Crippen MR) is 110 cm³/mol. The standard InChI is InChI=1S/C20H23N5S/c1-23-14-16(13-21-23)15-24-9-11-25(12-10-24)20(26)22-19-8-4-6-17-5-2-3-7-18(17)19/h2-8,13-14H,9-12,15H2,1H3,(H,22,26). The number of benzene rings is 2. The van der Waals surface area contributed by atoms with E-state index in [-0.39, 0.29) is 0 Å². The monoisotopic (exact) mass is 365 g/mol. The Morgan fingerprint density at radius 3 is 2.62 bits per heavy atom. The molecule has 0 atom stereocenters. The number of hydrogen-bond donors (Lipinski definition) is 1. The van der Waals surface area contributed by atoms with Gasteiger partial charge in [0.1, 0.15) is 0 Å². The van der Waals surface area contributed by atoms with Crippen molar-refractivity contribution in [3.63, 3.8) is 0 Å². The van der Waals surface area contributed by atoms with E-state index in [2.05, 4.69) is 68.9 Å². The van der Waals surface area contributed by atoms with Gasteiger partial charge in [-0.1, -0.05) is 36.4 Å². The fraction of sp³-hybridized carbons (Fsp3) is 0.300. The van der Waals surface area contributed by atoms with Crippen molar-refractivity contribution >= 4 is 33.8 Å². The number of piperazine rings is 1. The largest absolute Gasteiger partial charge is 0.346 e. The maximum atomic E-state index is 5.67. The van der Waals surface area contributed by atoms with E-state index in [0.717, 1.165) is 43.5 Å². The highest BCUT2D eigenvalue weighted by molar-refractivity contribution is 7.80. The van der Waals surface area contributed by atoms with E-state index in [0.29, 0.717) is 0 Å². The molecule has 1 aromatic heterocycles.